The van der Waals surface area contributed by atoms with Gasteiger partial charge in [-0.2, -0.15) is 0 Å². The predicted octanol–water partition coefficient (Wildman–Crippen LogP) is 2.15. The van der Waals surface area contributed by atoms with Crippen molar-refractivity contribution in [2.75, 3.05) is 32.7 Å². The molecule has 2 N–H and O–H groups in total. The number of carbonyl (C=O) groups excluding carboxylic acids is 1. The van der Waals surface area contributed by atoms with Gasteiger partial charge in [0.15, 0.2) is 0 Å². The van der Waals surface area contributed by atoms with Crippen LogP contribution in [0.5, 0.6) is 0 Å². The van der Waals surface area contributed by atoms with Gasteiger partial charge in [-0.1, -0.05) is 20.3 Å². The molecule has 2 aliphatic heterocycles. The molecule has 0 aromatic carbocycles. The van der Waals surface area contributed by atoms with Crippen molar-refractivity contribution in [3.63, 3.8) is 0 Å². The minimum atomic E-state index is -0.0967. The van der Waals surface area contributed by atoms with Crippen LogP contribution < -0.4 is 10.6 Å². The summed E-state index contributed by atoms with van der Waals surface area (Å²) >= 11 is 0. The fourth-order valence-electron chi connectivity index (χ4n) is 3.93. The minimum Gasteiger partial charge on any atom is -0.353 e. The van der Waals surface area contributed by atoms with E-state index in [1.165, 1.54) is 13.0 Å². The third kappa shape index (κ3) is 4.43. The smallest absolute Gasteiger partial charge is 0.226 e. The summed E-state index contributed by atoms with van der Waals surface area (Å²) in [6.45, 7) is 9.89. The third-order valence-corrected chi connectivity index (χ3v) is 5.23. The van der Waals surface area contributed by atoms with E-state index in [0.29, 0.717) is 11.9 Å². The van der Waals surface area contributed by atoms with Crippen LogP contribution in [0.25, 0.3) is 0 Å². The molecule has 0 aromatic heterocycles. The average Bonchev–Trinajstić information content (AvgIpc) is 2.51. The number of nitrogens with zero attached hydrogens (tertiary/aromatic N) is 1. The van der Waals surface area contributed by atoms with Crippen LogP contribution in [0.15, 0.2) is 0 Å². The van der Waals surface area contributed by atoms with Crippen LogP contribution in [0, 0.1) is 5.41 Å². The van der Waals surface area contributed by atoms with Crippen LogP contribution in [0.4, 0.5) is 0 Å². The fraction of sp³-hybridized carbons (Fsp3) is 0.941. The molecule has 2 heterocycles. The maximum atomic E-state index is 12.8. The Balaban J connectivity index is 1.85. The van der Waals surface area contributed by atoms with Gasteiger partial charge in [-0.15, -0.1) is 0 Å². The van der Waals surface area contributed by atoms with Crippen molar-refractivity contribution < 1.29 is 4.79 Å². The van der Waals surface area contributed by atoms with Gasteiger partial charge >= 0.3 is 0 Å². The number of piperidine rings is 2. The Kier molecular flexibility index (Phi) is 6.49. The molecule has 0 aromatic rings. The van der Waals surface area contributed by atoms with Crippen LogP contribution in [-0.4, -0.2) is 49.6 Å². The van der Waals surface area contributed by atoms with Gasteiger partial charge in [0.25, 0.3) is 0 Å². The quantitative estimate of drug-likeness (QED) is 0.789. The predicted molar refractivity (Wildman–Crippen MR) is 87.3 cm³/mol. The summed E-state index contributed by atoms with van der Waals surface area (Å²) < 4.78 is 0. The van der Waals surface area contributed by atoms with Crippen LogP contribution in [0.1, 0.15) is 58.8 Å². The van der Waals surface area contributed by atoms with E-state index in [-0.39, 0.29) is 5.41 Å². The largest absolute Gasteiger partial charge is 0.353 e. The number of carbonyl (C=O) groups is 1. The highest BCUT2D eigenvalue weighted by Gasteiger charge is 2.39. The molecular formula is C17H33N3O. The highest BCUT2D eigenvalue weighted by molar-refractivity contribution is 5.83. The van der Waals surface area contributed by atoms with E-state index in [0.717, 1.165) is 64.7 Å². The van der Waals surface area contributed by atoms with Gasteiger partial charge < -0.3 is 15.5 Å². The van der Waals surface area contributed by atoms with Crippen molar-refractivity contribution >= 4 is 5.91 Å². The maximum Gasteiger partial charge on any atom is 0.226 e. The number of hydrogen-bond acceptors (Lipinski definition) is 3. The summed E-state index contributed by atoms with van der Waals surface area (Å²) in [5, 5.41) is 6.77. The lowest BCUT2D eigenvalue weighted by atomic mass is 9.74. The first-order chi connectivity index (χ1) is 10.2. The van der Waals surface area contributed by atoms with E-state index >= 15 is 0 Å². The van der Waals surface area contributed by atoms with Gasteiger partial charge in [-0.25, -0.2) is 0 Å². The van der Waals surface area contributed by atoms with Crippen LogP contribution in [-0.2, 0) is 4.79 Å². The monoisotopic (exact) mass is 295 g/mol. The van der Waals surface area contributed by atoms with Gasteiger partial charge in [0.2, 0.25) is 5.91 Å². The van der Waals surface area contributed by atoms with E-state index in [1.807, 2.05) is 0 Å². The van der Waals surface area contributed by atoms with Gasteiger partial charge in [0.05, 0.1) is 5.41 Å². The minimum absolute atomic E-state index is 0.0967. The first-order valence-corrected chi connectivity index (χ1v) is 8.94. The van der Waals surface area contributed by atoms with Gasteiger partial charge in [0.1, 0.15) is 0 Å². The molecule has 2 rings (SSSR count). The fourth-order valence-corrected chi connectivity index (χ4v) is 3.93. The maximum absolute atomic E-state index is 12.8. The molecule has 4 heteroatoms. The Labute approximate surface area is 130 Å². The molecule has 0 saturated carbocycles. The molecule has 0 bridgehead atoms. The van der Waals surface area contributed by atoms with Crippen molar-refractivity contribution in [1.82, 2.24) is 15.5 Å². The molecule has 21 heavy (non-hydrogen) atoms. The van der Waals surface area contributed by atoms with Crippen LogP contribution in [0.3, 0.4) is 0 Å². The Morgan fingerprint density at radius 1 is 1.19 bits per heavy atom. The second kappa shape index (κ2) is 8.14. The molecule has 2 saturated heterocycles. The standard InChI is InChI=1S/C17H33N3O/c1-3-7-17(8-10-18-11-9-17)16(21)19-15-5-13-20(12-4-2)14-6-15/h15,18H,3-14H2,1-2H3,(H,19,21). The third-order valence-electron chi connectivity index (χ3n) is 5.23. The zero-order valence-corrected chi connectivity index (χ0v) is 13.9. The number of likely N-dealkylation sites (tertiary alicyclic amines) is 1. The number of hydrogen-bond donors (Lipinski definition) is 2. The van der Waals surface area contributed by atoms with E-state index in [4.69, 9.17) is 0 Å². The van der Waals surface area contributed by atoms with Crippen molar-refractivity contribution in [3.05, 3.63) is 0 Å². The lowest BCUT2D eigenvalue weighted by molar-refractivity contribution is -0.134. The van der Waals surface area contributed by atoms with Crippen molar-refractivity contribution in [3.8, 4) is 0 Å². The highest BCUT2D eigenvalue weighted by Crippen LogP contribution is 2.34. The van der Waals surface area contributed by atoms with Crippen molar-refractivity contribution in [1.29, 1.82) is 0 Å². The summed E-state index contributed by atoms with van der Waals surface area (Å²) in [5.41, 5.74) is -0.0967. The Morgan fingerprint density at radius 3 is 2.43 bits per heavy atom. The first-order valence-electron chi connectivity index (χ1n) is 8.94. The Hall–Kier alpha value is -0.610. The molecule has 4 nitrogen and oxygen atoms in total. The SMILES string of the molecule is CCCN1CCC(NC(=O)C2(CCC)CCNCC2)CC1. The average molecular weight is 295 g/mol. The number of nitrogens with one attached hydrogen (secondary N) is 2. The molecule has 2 aliphatic rings. The zero-order chi connectivity index (χ0) is 15.1. The topological polar surface area (TPSA) is 44.4 Å². The zero-order valence-electron chi connectivity index (χ0n) is 13.9. The number of amides is 1. The molecule has 0 radical (unpaired) electrons. The van der Waals surface area contributed by atoms with Crippen molar-refractivity contribution in [2.24, 2.45) is 5.41 Å². The summed E-state index contributed by atoms with van der Waals surface area (Å²) in [5.74, 6) is 0.333. The molecule has 0 spiro atoms. The van der Waals surface area contributed by atoms with Gasteiger partial charge in [-0.05, 0) is 58.2 Å². The Morgan fingerprint density at radius 2 is 1.86 bits per heavy atom. The normalized spacial score (nSPS) is 23.9. The van der Waals surface area contributed by atoms with Gasteiger partial charge in [-0.3, -0.25) is 4.79 Å². The molecule has 0 atom stereocenters. The van der Waals surface area contributed by atoms with E-state index in [9.17, 15) is 4.79 Å². The summed E-state index contributed by atoms with van der Waals surface area (Å²) in [6, 6.07) is 0.397. The summed E-state index contributed by atoms with van der Waals surface area (Å²) in [4.78, 5) is 15.4. The van der Waals surface area contributed by atoms with Crippen LogP contribution in [0.2, 0.25) is 0 Å². The Bertz CT molecular complexity index is 312. The summed E-state index contributed by atoms with van der Waals surface area (Å²) in [6.07, 6.45) is 7.60. The first kappa shape index (κ1) is 16.8. The summed E-state index contributed by atoms with van der Waals surface area (Å²) in [7, 11) is 0. The lowest BCUT2D eigenvalue weighted by Crippen LogP contribution is -2.52. The number of rotatable bonds is 6. The molecular weight excluding hydrogens is 262 g/mol. The van der Waals surface area contributed by atoms with E-state index in [2.05, 4.69) is 29.4 Å². The van der Waals surface area contributed by atoms with Crippen LogP contribution >= 0.6 is 0 Å². The molecule has 0 unspecified atom stereocenters. The van der Waals surface area contributed by atoms with E-state index in [1.54, 1.807) is 0 Å². The van der Waals surface area contributed by atoms with E-state index < -0.39 is 0 Å². The molecule has 2 fully saturated rings. The van der Waals surface area contributed by atoms with Gasteiger partial charge in [0, 0.05) is 19.1 Å². The second-order valence-electron chi connectivity index (χ2n) is 6.87. The lowest BCUT2D eigenvalue weighted by Gasteiger charge is -2.39. The second-order valence-corrected chi connectivity index (χ2v) is 6.87. The molecule has 1 amide bonds. The molecule has 122 valence electrons. The molecule has 0 aliphatic carbocycles. The highest BCUT2D eigenvalue weighted by atomic mass is 16.2. The van der Waals surface area contributed by atoms with Crippen molar-refractivity contribution in [2.45, 2.75) is 64.8 Å².